The van der Waals surface area contributed by atoms with Crippen molar-refractivity contribution >= 4 is 6.29 Å². The van der Waals surface area contributed by atoms with Crippen LogP contribution in [0.4, 0.5) is 0 Å². The summed E-state index contributed by atoms with van der Waals surface area (Å²) in [4.78, 5) is 20.4. The van der Waals surface area contributed by atoms with Crippen LogP contribution in [0.15, 0.2) is 60.4 Å². The third kappa shape index (κ3) is 14.7. The average Bonchev–Trinajstić information content (AvgIpc) is 2.57. The Morgan fingerprint density at radius 3 is 2.00 bits per heavy atom. The number of hydrogen-bond acceptors (Lipinski definition) is 3. The summed E-state index contributed by atoms with van der Waals surface area (Å²) in [7, 11) is 0. The van der Waals surface area contributed by atoms with E-state index in [2.05, 4.69) is 36.5 Å². The van der Waals surface area contributed by atoms with Crippen molar-refractivity contribution in [3.8, 4) is 0 Å². The Morgan fingerprint density at radius 2 is 1.50 bits per heavy atom. The van der Waals surface area contributed by atoms with Crippen LogP contribution in [-0.2, 0) is 4.79 Å². The van der Waals surface area contributed by atoms with Crippen molar-refractivity contribution in [1.82, 2.24) is 0 Å². The number of nitrogens with zero attached hydrogens (tertiary/aromatic N) is 1. The summed E-state index contributed by atoms with van der Waals surface area (Å²) in [6.45, 7) is 1.89. The van der Waals surface area contributed by atoms with E-state index in [1.807, 2.05) is 25.4 Å². The minimum atomic E-state index is -0.316. The van der Waals surface area contributed by atoms with E-state index in [0.29, 0.717) is 19.3 Å². The zero-order chi connectivity index (χ0) is 17.9. The maximum absolute atomic E-state index is 10.7. The summed E-state index contributed by atoms with van der Waals surface area (Å²) in [6, 6.07) is 0. The molecule has 0 rings (SSSR count). The summed E-state index contributed by atoms with van der Waals surface area (Å²) in [5.74, 6) is 0. The van der Waals surface area contributed by atoms with Gasteiger partial charge < -0.3 is 0 Å². The second-order valence-electron chi connectivity index (χ2n) is 5.19. The average molecular weight is 330 g/mol. The fraction of sp³-hybridized carbons (Fsp3) is 0.450. The monoisotopic (exact) mass is 330 g/mol. The lowest BCUT2D eigenvalue weighted by Crippen LogP contribution is -1.96. The van der Waals surface area contributed by atoms with E-state index in [1.165, 1.54) is 0 Å². The highest BCUT2D eigenvalue weighted by Crippen LogP contribution is 2.05. The highest BCUT2D eigenvalue weighted by Gasteiger charge is 2.05. The molecule has 0 heterocycles. The van der Waals surface area contributed by atoms with Crippen molar-refractivity contribution in [3.05, 3.63) is 70.5 Å². The molecule has 0 bridgehead atoms. The van der Waals surface area contributed by atoms with Crippen LogP contribution in [0.5, 0.6) is 0 Å². The molecule has 0 spiro atoms. The molecular weight excluding hydrogens is 302 g/mol. The Kier molecular flexibility index (Phi) is 15.5. The molecule has 0 aromatic rings. The van der Waals surface area contributed by atoms with E-state index < -0.39 is 0 Å². The quantitative estimate of drug-likeness (QED) is 0.180. The lowest BCUT2D eigenvalue weighted by molar-refractivity contribution is -0.427. The van der Waals surface area contributed by atoms with Crippen molar-refractivity contribution in [2.24, 2.45) is 0 Å². The van der Waals surface area contributed by atoms with Crippen molar-refractivity contribution in [1.29, 1.82) is 0 Å². The van der Waals surface area contributed by atoms with E-state index in [1.54, 1.807) is 6.08 Å². The Labute approximate surface area is 145 Å². The molecule has 131 valence electrons. The van der Waals surface area contributed by atoms with Crippen LogP contribution in [0.25, 0.3) is 0 Å². The molecule has 0 saturated carbocycles. The third-order valence-electron chi connectivity index (χ3n) is 3.13. The van der Waals surface area contributed by atoms with Crippen LogP contribution < -0.4 is 0 Å². The maximum atomic E-state index is 10.7. The molecule has 0 saturated heterocycles. The number of unbranched alkanes of at least 4 members (excludes halogenated alkanes) is 2. The minimum absolute atomic E-state index is 0.262. The smallest absolute Gasteiger partial charge is 0.246 e. The van der Waals surface area contributed by atoms with Gasteiger partial charge in [-0.2, -0.15) is 0 Å². The maximum Gasteiger partial charge on any atom is 0.246 e. The van der Waals surface area contributed by atoms with Gasteiger partial charge in [-0.1, -0.05) is 55.5 Å². The van der Waals surface area contributed by atoms with Gasteiger partial charge in [0.1, 0.15) is 0 Å². The van der Waals surface area contributed by atoms with Crippen molar-refractivity contribution in [2.45, 2.75) is 58.3 Å². The second kappa shape index (κ2) is 17.1. The van der Waals surface area contributed by atoms with Gasteiger partial charge in [-0.05, 0) is 44.6 Å². The number of allylic oxidation sites excluding steroid dienone is 9. The lowest BCUT2D eigenvalue weighted by atomic mass is 10.2. The highest BCUT2D eigenvalue weighted by molar-refractivity contribution is 5.50. The molecule has 4 nitrogen and oxygen atoms in total. The van der Waals surface area contributed by atoms with E-state index >= 15 is 0 Å². The molecule has 0 N–H and O–H groups in total. The van der Waals surface area contributed by atoms with Crippen LogP contribution in [0.1, 0.15) is 58.3 Å². The zero-order valence-corrected chi connectivity index (χ0v) is 14.5. The molecule has 0 amide bonds. The van der Waals surface area contributed by atoms with E-state index in [4.69, 9.17) is 0 Å². The van der Waals surface area contributed by atoms with Crippen molar-refractivity contribution in [3.63, 3.8) is 0 Å². The van der Waals surface area contributed by atoms with Crippen LogP contribution >= 0.6 is 0 Å². The Bertz CT molecular complexity index is 485. The Morgan fingerprint density at radius 1 is 0.958 bits per heavy atom. The van der Waals surface area contributed by atoms with E-state index in [9.17, 15) is 14.9 Å². The Hall–Kier alpha value is -2.23. The van der Waals surface area contributed by atoms with Crippen LogP contribution in [0, 0.1) is 10.1 Å². The summed E-state index contributed by atoms with van der Waals surface area (Å²) >= 11 is 0. The summed E-state index contributed by atoms with van der Waals surface area (Å²) in [6.07, 6.45) is 25.9. The minimum Gasteiger partial charge on any atom is -0.291 e. The van der Waals surface area contributed by atoms with Gasteiger partial charge in [0.25, 0.3) is 0 Å². The predicted octanol–water partition coefficient (Wildman–Crippen LogP) is 5.62. The first-order chi connectivity index (χ1) is 11.7. The fourth-order valence-electron chi connectivity index (χ4n) is 1.90. The molecule has 0 atom stereocenters. The normalized spacial score (nSPS) is 13.0. The third-order valence-corrected chi connectivity index (χ3v) is 3.13. The first-order valence-corrected chi connectivity index (χ1v) is 8.50. The second-order valence-corrected chi connectivity index (χ2v) is 5.19. The van der Waals surface area contributed by atoms with Gasteiger partial charge in [0.15, 0.2) is 6.29 Å². The molecule has 0 fully saturated rings. The number of hydrogen-bond donors (Lipinski definition) is 0. The molecular formula is C20H28NO3. The van der Waals surface area contributed by atoms with E-state index in [-0.39, 0.29) is 10.6 Å². The summed E-state index contributed by atoms with van der Waals surface area (Å²) in [5.41, 5.74) is 0.262. The topological polar surface area (TPSA) is 60.2 Å². The summed E-state index contributed by atoms with van der Waals surface area (Å²) < 4.78 is 0. The van der Waals surface area contributed by atoms with E-state index in [0.717, 1.165) is 32.1 Å². The molecule has 4 heteroatoms. The molecule has 1 radical (unpaired) electrons. The van der Waals surface area contributed by atoms with Crippen LogP contribution in [-0.4, -0.2) is 11.2 Å². The molecule has 0 unspecified atom stereocenters. The van der Waals surface area contributed by atoms with Crippen LogP contribution in [0.2, 0.25) is 0 Å². The summed E-state index contributed by atoms with van der Waals surface area (Å²) in [5, 5.41) is 10.7. The molecule has 0 aliphatic carbocycles. The van der Waals surface area contributed by atoms with Gasteiger partial charge >= 0.3 is 0 Å². The first kappa shape index (κ1) is 21.8. The predicted molar refractivity (Wildman–Crippen MR) is 99.9 cm³/mol. The standard InChI is InChI=1S/C20H28NO3/c1-2-17-20(21(23)24)18-15-13-11-9-7-5-3-4-6-8-10-12-14-16-19-22/h3-4,7-10,13,15,17H,2,5-6,11-12,14,16,18H2,1H3/b4-3-,9-7-,10-8-,15-13-,20-17+. The molecule has 0 aliphatic rings. The van der Waals surface area contributed by atoms with Gasteiger partial charge in [-0.15, -0.1) is 0 Å². The van der Waals surface area contributed by atoms with Crippen molar-refractivity contribution in [2.75, 3.05) is 0 Å². The van der Waals surface area contributed by atoms with Gasteiger partial charge in [0.2, 0.25) is 5.70 Å². The number of carbonyl (C=O) groups excluding carboxylic acids is 1. The molecule has 0 aromatic carbocycles. The molecule has 0 aliphatic heterocycles. The van der Waals surface area contributed by atoms with Gasteiger partial charge in [0.05, 0.1) is 11.3 Å². The number of nitro groups is 1. The number of rotatable bonds is 14. The van der Waals surface area contributed by atoms with Crippen molar-refractivity contribution < 1.29 is 9.72 Å². The van der Waals surface area contributed by atoms with Crippen LogP contribution in [0.3, 0.4) is 0 Å². The molecule has 0 aromatic heterocycles. The fourth-order valence-corrected chi connectivity index (χ4v) is 1.90. The Balaban J connectivity index is 3.73. The highest BCUT2D eigenvalue weighted by atomic mass is 16.6. The lowest BCUT2D eigenvalue weighted by Gasteiger charge is -1.92. The molecule has 24 heavy (non-hydrogen) atoms. The van der Waals surface area contributed by atoms with Gasteiger partial charge in [0, 0.05) is 6.42 Å². The van der Waals surface area contributed by atoms with Gasteiger partial charge in [-0.3, -0.25) is 14.9 Å². The first-order valence-electron chi connectivity index (χ1n) is 8.50. The largest absolute Gasteiger partial charge is 0.291 e. The zero-order valence-electron chi connectivity index (χ0n) is 14.5. The SMILES string of the molecule is CC/C=C(\C/C=C\C/C=C\C/C=C\C/C=C\CCC[C]=O)[N+](=O)[O-]. The van der Waals surface area contributed by atoms with Gasteiger partial charge in [-0.25, -0.2) is 0 Å².